The van der Waals surface area contributed by atoms with E-state index < -0.39 is 0 Å². The van der Waals surface area contributed by atoms with Crippen molar-refractivity contribution in [1.29, 1.82) is 0 Å². The molecule has 1 aliphatic heterocycles. The Morgan fingerprint density at radius 1 is 1.41 bits per heavy atom. The highest BCUT2D eigenvalue weighted by Gasteiger charge is 2.26. The van der Waals surface area contributed by atoms with Crippen LogP contribution < -0.4 is 10.1 Å². The number of rotatable bonds is 9. The van der Waals surface area contributed by atoms with E-state index in [0.717, 1.165) is 44.1 Å². The molecule has 1 atom stereocenters. The number of ether oxygens (including phenoxy) is 1. The number of carbonyl (C=O) groups excluding carboxylic acids is 1. The molecule has 6 nitrogen and oxygen atoms in total. The first-order chi connectivity index (χ1) is 13.0. The molecule has 0 radical (unpaired) electrons. The minimum atomic E-state index is 0.294. The fourth-order valence-electron chi connectivity index (χ4n) is 3.31. The number of guanidine groups is 1. The smallest absolute Gasteiger partial charge is 0.222 e. The molecule has 7 heteroatoms. The van der Waals surface area contributed by atoms with Gasteiger partial charge in [-0.1, -0.05) is 18.5 Å². The van der Waals surface area contributed by atoms with Crippen molar-refractivity contribution in [2.24, 2.45) is 4.99 Å². The zero-order chi connectivity index (χ0) is 19.6. The number of aliphatic imine (C=N–C) groups is 1. The van der Waals surface area contributed by atoms with Crippen molar-refractivity contribution in [2.45, 2.75) is 38.6 Å². The van der Waals surface area contributed by atoms with Gasteiger partial charge < -0.3 is 19.9 Å². The molecule has 0 saturated carbocycles. The summed E-state index contributed by atoms with van der Waals surface area (Å²) in [6.45, 7) is 5.10. The fourth-order valence-corrected chi connectivity index (χ4v) is 3.43. The summed E-state index contributed by atoms with van der Waals surface area (Å²) in [5.41, 5.74) is 0. The molecule has 1 aromatic carbocycles. The maximum absolute atomic E-state index is 11.9. The Hall–Kier alpha value is -1.95. The van der Waals surface area contributed by atoms with E-state index >= 15 is 0 Å². The van der Waals surface area contributed by atoms with Gasteiger partial charge in [-0.25, -0.2) is 0 Å². The second-order valence-corrected chi connectivity index (χ2v) is 7.18. The number of amides is 1. The third-order valence-electron chi connectivity index (χ3n) is 4.87. The zero-order valence-corrected chi connectivity index (χ0v) is 17.3. The van der Waals surface area contributed by atoms with Gasteiger partial charge in [0.05, 0.1) is 6.54 Å². The number of hydrogen-bond acceptors (Lipinski definition) is 3. The molecule has 1 amide bonds. The largest absolute Gasteiger partial charge is 0.492 e. The molecule has 0 aromatic heterocycles. The molecule has 0 bridgehead atoms. The van der Waals surface area contributed by atoms with Crippen molar-refractivity contribution in [3.63, 3.8) is 0 Å². The molecular weight excluding hydrogens is 364 g/mol. The van der Waals surface area contributed by atoms with Crippen LogP contribution in [-0.4, -0.2) is 68.0 Å². The lowest BCUT2D eigenvalue weighted by molar-refractivity contribution is -0.129. The van der Waals surface area contributed by atoms with Crippen molar-refractivity contribution < 1.29 is 9.53 Å². The minimum absolute atomic E-state index is 0.294. The average molecular weight is 395 g/mol. The first-order valence-electron chi connectivity index (χ1n) is 9.64. The molecular formula is C20H31ClN4O2. The van der Waals surface area contributed by atoms with Gasteiger partial charge in [0.25, 0.3) is 0 Å². The molecule has 1 heterocycles. The first kappa shape index (κ1) is 21.4. The van der Waals surface area contributed by atoms with Gasteiger partial charge in [-0.2, -0.15) is 0 Å². The lowest BCUT2D eigenvalue weighted by atomic mass is 10.1. The Morgan fingerprint density at radius 2 is 2.15 bits per heavy atom. The van der Waals surface area contributed by atoms with Crippen LogP contribution in [0.3, 0.4) is 0 Å². The Labute approximate surface area is 167 Å². The molecule has 0 aliphatic carbocycles. The highest BCUT2D eigenvalue weighted by atomic mass is 35.5. The van der Waals surface area contributed by atoms with E-state index in [9.17, 15) is 4.79 Å². The van der Waals surface area contributed by atoms with Crippen molar-refractivity contribution in [2.75, 3.05) is 40.3 Å². The topological polar surface area (TPSA) is 57.2 Å². The Kier molecular flexibility index (Phi) is 8.72. The van der Waals surface area contributed by atoms with Crippen LogP contribution in [0.15, 0.2) is 29.3 Å². The number of hydrogen-bond donors (Lipinski definition) is 1. The number of nitrogens with zero attached hydrogens (tertiary/aromatic N) is 3. The van der Waals surface area contributed by atoms with Gasteiger partial charge in [0.1, 0.15) is 12.4 Å². The summed E-state index contributed by atoms with van der Waals surface area (Å²) in [4.78, 5) is 20.4. The van der Waals surface area contributed by atoms with Gasteiger partial charge in [0, 0.05) is 44.7 Å². The van der Waals surface area contributed by atoms with E-state index in [2.05, 4.69) is 17.2 Å². The molecule has 2 rings (SSSR count). The van der Waals surface area contributed by atoms with E-state index in [4.69, 9.17) is 16.3 Å². The number of likely N-dealkylation sites (tertiary alicyclic amines) is 1. The highest BCUT2D eigenvalue weighted by Crippen LogP contribution is 2.18. The normalized spacial score (nSPS) is 15.8. The lowest BCUT2D eigenvalue weighted by Crippen LogP contribution is -2.43. The maximum Gasteiger partial charge on any atom is 0.222 e. The van der Waals surface area contributed by atoms with Crippen LogP contribution in [0.4, 0.5) is 0 Å². The summed E-state index contributed by atoms with van der Waals surface area (Å²) in [7, 11) is 3.77. The van der Waals surface area contributed by atoms with E-state index in [1.54, 1.807) is 7.05 Å². The van der Waals surface area contributed by atoms with Crippen molar-refractivity contribution in [3.05, 3.63) is 29.3 Å². The standard InChI is InChI=1S/C20H31ClN4O2/c1-4-17(25-13-5-6-19(25)26)11-12-23-20(22-2)24(3)14-15-27-18-9-7-16(21)8-10-18/h7-10,17H,4-6,11-15H2,1-3H3,(H,22,23). The van der Waals surface area contributed by atoms with Crippen molar-refractivity contribution in [3.8, 4) is 5.75 Å². The Bertz CT molecular complexity index is 621. The molecule has 1 fully saturated rings. The summed E-state index contributed by atoms with van der Waals surface area (Å²) in [6.07, 6.45) is 3.59. The van der Waals surface area contributed by atoms with Gasteiger partial charge >= 0.3 is 0 Å². The van der Waals surface area contributed by atoms with Crippen LogP contribution in [0.2, 0.25) is 5.02 Å². The second-order valence-electron chi connectivity index (χ2n) is 6.74. The SMILES string of the molecule is CCC(CCNC(=NC)N(C)CCOc1ccc(Cl)cc1)N1CCCC1=O. The van der Waals surface area contributed by atoms with Gasteiger partial charge in [0.2, 0.25) is 5.91 Å². The monoisotopic (exact) mass is 394 g/mol. The maximum atomic E-state index is 11.9. The van der Waals surface area contributed by atoms with Crippen LogP contribution in [0.1, 0.15) is 32.6 Å². The third-order valence-corrected chi connectivity index (χ3v) is 5.12. The van der Waals surface area contributed by atoms with Crippen molar-refractivity contribution >= 4 is 23.5 Å². The number of likely N-dealkylation sites (N-methyl/N-ethyl adjacent to an activating group) is 1. The van der Waals surface area contributed by atoms with Crippen LogP contribution >= 0.6 is 11.6 Å². The summed E-state index contributed by atoms with van der Waals surface area (Å²) in [5.74, 6) is 1.93. The summed E-state index contributed by atoms with van der Waals surface area (Å²) >= 11 is 5.88. The fraction of sp³-hybridized carbons (Fsp3) is 0.600. The van der Waals surface area contributed by atoms with E-state index in [1.165, 1.54) is 0 Å². The number of benzene rings is 1. The number of halogens is 1. The van der Waals surface area contributed by atoms with Crippen LogP contribution in [0.25, 0.3) is 0 Å². The average Bonchev–Trinajstić information content (AvgIpc) is 3.09. The molecule has 150 valence electrons. The van der Waals surface area contributed by atoms with Gasteiger partial charge in [-0.15, -0.1) is 0 Å². The van der Waals surface area contributed by atoms with Gasteiger partial charge in [-0.3, -0.25) is 9.79 Å². The highest BCUT2D eigenvalue weighted by molar-refractivity contribution is 6.30. The number of carbonyl (C=O) groups is 1. The molecule has 27 heavy (non-hydrogen) atoms. The van der Waals surface area contributed by atoms with Crippen LogP contribution in [-0.2, 0) is 4.79 Å². The van der Waals surface area contributed by atoms with E-state index in [0.29, 0.717) is 36.5 Å². The predicted molar refractivity (Wildman–Crippen MR) is 111 cm³/mol. The van der Waals surface area contributed by atoms with Crippen molar-refractivity contribution in [1.82, 2.24) is 15.1 Å². The molecule has 1 unspecified atom stereocenters. The number of nitrogens with one attached hydrogen (secondary N) is 1. The predicted octanol–water partition coefficient (Wildman–Crippen LogP) is 3.02. The first-order valence-corrected chi connectivity index (χ1v) is 10.0. The summed E-state index contributed by atoms with van der Waals surface area (Å²) in [5, 5.41) is 4.09. The molecule has 1 aliphatic rings. The zero-order valence-electron chi connectivity index (χ0n) is 16.6. The molecule has 1 saturated heterocycles. The molecule has 1 N–H and O–H groups in total. The van der Waals surface area contributed by atoms with Crippen LogP contribution in [0.5, 0.6) is 5.75 Å². The molecule has 1 aromatic rings. The van der Waals surface area contributed by atoms with E-state index in [1.807, 2.05) is 41.1 Å². The Balaban J connectivity index is 1.71. The summed E-state index contributed by atoms with van der Waals surface area (Å²) in [6, 6.07) is 7.66. The van der Waals surface area contributed by atoms with Gasteiger partial charge in [-0.05, 0) is 43.5 Å². The van der Waals surface area contributed by atoms with Gasteiger partial charge in [0.15, 0.2) is 5.96 Å². The summed E-state index contributed by atoms with van der Waals surface area (Å²) < 4.78 is 5.74. The lowest BCUT2D eigenvalue weighted by Gasteiger charge is -2.28. The minimum Gasteiger partial charge on any atom is -0.492 e. The quantitative estimate of drug-likeness (QED) is 0.516. The van der Waals surface area contributed by atoms with Crippen LogP contribution in [0, 0.1) is 0 Å². The third kappa shape index (κ3) is 6.61. The Morgan fingerprint density at radius 3 is 2.74 bits per heavy atom. The molecule has 0 spiro atoms. The second kappa shape index (κ2) is 11.0. The van der Waals surface area contributed by atoms with E-state index in [-0.39, 0.29) is 0 Å².